The molecule has 1 saturated heterocycles. The summed E-state index contributed by atoms with van der Waals surface area (Å²) in [7, 11) is 1.79. The third-order valence-electron chi connectivity index (χ3n) is 4.17. The lowest BCUT2D eigenvalue weighted by atomic mass is 10.2. The highest BCUT2D eigenvalue weighted by Crippen LogP contribution is 2.13. The first kappa shape index (κ1) is 14.1. The third-order valence-corrected chi connectivity index (χ3v) is 4.17. The molecule has 1 atom stereocenters. The summed E-state index contributed by atoms with van der Waals surface area (Å²) in [6, 6.07) is -0.0582. The number of aromatic nitrogens is 4. The van der Waals surface area contributed by atoms with Crippen LogP contribution in [0.3, 0.4) is 0 Å². The van der Waals surface area contributed by atoms with Gasteiger partial charge in [-0.3, -0.25) is 13.9 Å². The summed E-state index contributed by atoms with van der Waals surface area (Å²) in [5.41, 5.74) is 0.561. The molecule has 2 aromatic heterocycles. The first-order valence-electron chi connectivity index (χ1n) is 7.52. The minimum Gasteiger partial charge on any atom is -0.328 e. The highest BCUT2D eigenvalue weighted by Gasteiger charge is 2.24. The van der Waals surface area contributed by atoms with Gasteiger partial charge in [-0.05, 0) is 19.4 Å². The summed E-state index contributed by atoms with van der Waals surface area (Å²) in [4.78, 5) is 29.7. The molecule has 0 aliphatic carbocycles. The van der Waals surface area contributed by atoms with E-state index in [0.717, 1.165) is 25.8 Å². The Morgan fingerprint density at radius 3 is 2.90 bits per heavy atom. The first-order valence-corrected chi connectivity index (χ1v) is 7.52. The lowest BCUT2D eigenvalue weighted by Crippen LogP contribution is -2.43. The standard InChI is InChI=1S/C14H21N5O2/c1-3-4-7-18-12-11(17(2)9-16-12)13(20)19(14(18)21)10-5-6-15-8-10/h9-10,15H,3-8H2,1-2H3. The number of unbranched alkanes of at least 4 members (excludes halogenated alkanes) is 1. The molecule has 0 bridgehead atoms. The zero-order valence-corrected chi connectivity index (χ0v) is 12.5. The Balaban J connectivity index is 2.28. The molecule has 3 rings (SSSR count). The summed E-state index contributed by atoms with van der Waals surface area (Å²) < 4.78 is 4.77. The van der Waals surface area contributed by atoms with Crippen molar-refractivity contribution >= 4 is 11.2 Å². The normalized spacial score (nSPS) is 18.7. The van der Waals surface area contributed by atoms with Crippen molar-refractivity contribution < 1.29 is 0 Å². The van der Waals surface area contributed by atoms with Crippen molar-refractivity contribution in [3.63, 3.8) is 0 Å². The Bertz CT molecular complexity index is 764. The molecule has 7 heteroatoms. The fourth-order valence-corrected chi connectivity index (χ4v) is 2.98. The second kappa shape index (κ2) is 5.48. The smallest absolute Gasteiger partial charge is 0.328 e. The van der Waals surface area contributed by atoms with Gasteiger partial charge in [-0.25, -0.2) is 9.78 Å². The fourth-order valence-electron chi connectivity index (χ4n) is 2.98. The molecule has 1 unspecified atom stereocenters. The maximum atomic E-state index is 12.8. The molecular weight excluding hydrogens is 270 g/mol. The van der Waals surface area contributed by atoms with E-state index >= 15 is 0 Å². The Labute approximate surface area is 122 Å². The van der Waals surface area contributed by atoms with Crippen LogP contribution < -0.4 is 16.6 Å². The zero-order chi connectivity index (χ0) is 15.0. The van der Waals surface area contributed by atoms with E-state index in [1.807, 2.05) is 0 Å². The van der Waals surface area contributed by atoms with Crippen molar-refractivity contribution in [1.29, 1.82) is 0 Å². The maximum absolute atomic E-state index is 12.8. The summed E-state index contributed by atoms with van der Waals surface area (Å²) in [5, 5.41) is 3.21. The van der Waals surface area contributed by atoms with Crippen molar-refractivity contribution in [2.75, 3.05) is 13.1 Å². The largest absolute Gasteiger partial charge is 0.333 e. The van der Waals surface area contributed by atoms with E-state index in [2.05, 4.69) is 17.2 Å². The fraction of sp³-hybridized carbons (Fsp3) is 0.643. The van der Waals surface area contributed by atoms with Gasteiger partial charge in [0.05, 0.1) is 12.4 Å². The maximum Gasteiger partial charge on any atom is 0.333 e. The molecule has 1 aliphatic heterocycles. The Hall–Kier alpha value is -1.89. The van der Waals surface area contributed by atoms with Crippen LogP contribution in [0.1, 0.15) is 32.2 Å². The van der Waals surface area contributed by atoms with Crippen LogP contribution >= 0.6 is 0 Å². The van der Waals surface area contributed by atoms with Gasteiger partial charge in [-0.2, -0.15) is 0 Å². The summed E-state index contributed by atoms with van der Waals surface area (Å²) in [6.07, 6.45) is 4.30. The second-order valence-electron chi connectivity index (χ2n) is 5.64. The highest BCUT2D eigenvalue weighted by atomic mass is 16.2. The van der Waals surface area contributed by atoms with Gasteiger partial charge in [-0.1, -0.05) is 13.3 Å². The van der Waals surface area contributed by atoms with Crippen LogP contribution in [0.2, 0.25) is 0 Å². The molecule has 114 valence electrons. The number of hydrogen-bond donors (Lipinski definition) is 1. The molecular formula is C14H21N5O2. The summed E-state index contributed by atoms with van der Waals surface area (Å²) in [6.45, 7) is 4.20. The number of nitrogens with zero attached hydrogens (tertiary/aromatic N) is 4. The van der Waals surface area contributed by atoms with E-state index in [0.29, 0.717) is 24.3 Å². The topological polar surface area (TPSA) is 73.8 Å². The third kappa shape index (κ3) is 2.21. The molecule has 3 heterocycles. The first-order chi connectivity index (χ1) is 10.1. The molecule has 0 radical (unpaired) electrons. The molecule has 7 nitrogen and oxygen atoms in total. The molecule has 0 amide bonds. The van der Waals surface area contributed by atoms with Gasteiger partial charge in [0, 0.05) is 20.1 Å². The van der Waals surface area contributed by atoms with E-state index in [9.17, 15) is 9.59 Å². The van der Waals surface area contributed by atoms with Crippen LogP contribution in [-0.2, 0) is 13.6 Å². The van der Waals surface area contributed by atoms with Crippen molar-refractivity contribution in [1.82, 2.24) is 24.0 Å². The predicted octanol–water partition coefficient (Wildman–Crippen LogP) is 0.231. The van der Waals surface area contributed by atoms with E-state index < -0.39 is 0 Å². The highest BCUT2D eigenvalue weighted by molar-refractivity contribution is 5.69. The van der Waals surface area contributed by atoms with Gasteiger partial charge in [0.25, 0.3) is 5.56 Å². The van der Waals surface area contributed by atoms with Crippen molar-refractivity contribution in [2.24, 2.45) is 7.05 Å². The number of rotatable bonds is 4. The van der Waals surface area contributed by atoms with E-state index in [1.165, 1.54) is 4.57 Å². The van der Waals surface area contributed by atoms with Gasteiger partial charge in [0.1, 0.15) is 0 Å². The Kier molecular flexibility index (Phi) is 3.67. The molecule has 0 aromatic carbocycles. The van der Waals surface area contributed by atoms with Crippen LogP contribution in [0.4, 0.5) is 0 Å². The van der Waals surface area contributed by atoms with Crippen molar-refractivity contribution in [3.8, 4) is 0 Å². The number of hydrogen-bond acceptors (Lipinski definition) is 4. The number of imidazole rings is 1. The molecule has 21 heavy (non-hydrogen) atoms. The van der Waals surface area contributed by atoms with Gasteiger partial charge < -0.3 is 9.88 Å². The lowest BCUT2D eigenvalue weighted by Gasteiger charge is -2.15. The van der Waals surface area contributed by atoms with Crippen LogP contribution in [0.15, 0.2) is 15.9 Å². The lowest BCUT2D eigenvalue weighted by molar-refractivity contribution is 0.473. The number of aryl methyl sites for hydroxylation is 2. The van der Waals surface area contributed by atoms with E-state index in [-0.39, 0.29) is 17.3 Å². The minimum atomic E-state index is -0.228. The van der Waals surface area contributed by atoms with Gasteiger partial charge in [0.2, 0.25) is 0 Å². The van der Waals surface area contributed by atoms with Crippen LogP contribution in [0, 0.1) is 0 Å². The Morgan fingerprint density at radius 2 is 2.24 bits per heavy atom. The summed E-state index contributed by atoms with van der Waals surface area (Å²) >= 11 is 0. The Morgan fingerprint density at radius 1 is 1.43 bits per heavy atom. The number of fused-ring (bicyclic) bond motifs is 1. The monoisotopic (exact) mass is 291 g/mol. The van der Waals surface area contributed by atoms with Crippen molar-refractivity contribution in [2.45, 2.75) is 38.8 Å². The molecule has 1 aliphatic rings. The van der Waals surface area contributed by atoms with Gasteiger partial charge in [0.15, 0.2) is 11.2 Å². The van der Waals surface area contributed by atoms with Crippen LogP contribution in [0.5, 0.6) is 0 Å². The molecule has 1 fully saturated rings. The zero-order valence-electron chi connectivity index (χ0n) is 12.5. The van der Waals surface area contributed by atoms with Gasteiger partial charge in [-0.15, -0.1) is 0 Å². The van der Waals surface area contributed by atoms with Crippen molar-refractivity contribution in [3.05, 3.63) is 27.2 Å². The minimum absolute atomic E-state index is 0.0582. The van der Waals surface area contributed by atoms with Gasteiger partial charge >= 0.3 is 5.69 Å². The molecule has 0 spiro atoms. The predicted molar refractivity (Wildman–Crippen MR) is 80.7 cm³/mol. The average Bonchev–Trinajstić information content (AvgIpc) is 3.09. The van der Waals surface area contributed by atoms with E-state index in [4.69, 9.17) is 0 Å². The molecule has 0 saturated carbocycles. The SMILES string of the molecule is CCCCn1c(=O)n(C2CCNC2)c(=O)c2c1ncn2C. The summed E-state index contributed by atoms with van der Waals surface area (Å²) in [5.74, 6) is 0. The second-order valence-corrected chi connectivity index (χ2v) is 5.64. The van der Waals surface area contributed by atoms with Crippen LogP contribution in [0.25, 0.3) is 11.2 Å². The van der Waals surface area contributed by atoms with E-state index in [1.54, 1.807) is 22.5 Å². The number of nitrogens with one attached hydrogen (secondary N) is 1. The molecule has 1 N–H and O–H groups in total. The molecule has 2 aromatic rings. The quantitative estimate of drug-likeness (QED) is 0.875. The average molecular weight is 291 g/mol. The van der Waals surface area contributed by atoms with Crippen LogP contribution in [-0.4, -0.2) is 31.8 Å².